The molecule has 0 saturated heterocycles. The van der Waals surface area contributed by atoms with E-state index in [1.165, 1.54) is 11.6 Å². The molecule has 80 valence electrons. The van der Waals surface area contributed by atoms with E-state index in [1.807, 2.05) is 0 Å². The topological polar surface area (TPSA) is 43.8 Å². The summed E-state index contributed by atoms with van der Waals surface area (Å²) < 4.78 is 27.4. The van der Waals surface area contributed by atoms with E-state index in [0.29, 0.717) is 17.1 Å². The van der Waals surface area contributed by atoms with Crippen molar-refractivity contribution in [3.05, 3.63) is 11.4 Å². The predicted molar refractivity (Wildman–Crippen MR) is 51.4 cm³/mol. The van der Waals surface area contributed by atoms with Gasteiger partial charge in [0.1, 0.15) is 6.54 Å². The van der Waals surface area contributed by atoms with Gasteiger partial charge in [-0.3, -0.25) is 4.68 Å². The summed E-state index contributed by atoms with van der Waals surface area (Å²) in [7, 11) is 0. The molecule has 0 unspecified atom stereocenters. The minimum Gasteiger partial charge on any atom is -0.396 e. The van der Waals surface area contributed by atoms with Crippen molar-refractivity contribution < 1.29 is 8.78 Å². The molecule has 3 nitrogen and oxygen atoms in total. The van der Waals surface area contributed by atoms with Crippen molar-refractivity contribution in [1.29, 1.82) is 0 Å². The van der Waals surface area contributed by atoms with E-state index in [2.05, 4.69) is 5.10 Å². The first kappa shape index (κ1) is 10.9. The molecule has 0 radical (unpaired) electrons. The number of hydrogen-bond donors (Lipinski definition) is 1. The molecule has 1 rings (SSSR count). The van der Waals surface area contributed by atoms with Gasteiger partial charge in [-0.05, 0) is 13.8 Å². The highest BCUT2D eigenvalue weighted by molar-refractivity contribution is 5.46. The third-order valence-corrected chi connectivity index (χ3v) is 2.34. The molecule has 0 fully saturated rings. The number of anilines is 1. The molecule has 0 spiro atoms. The van der Waals surface area contributed by atoms with Crippen LogP contribution in [-0.4, -0.2) is 15.7 Å². The number of nitrogens with two attached hydrogens (primary N) is 1. The minimum atomic E-state index is -2.71. The van der Waals surface area contributed by atoms with Crippen LogP contribution in [0.5, 0.6) is 0 Å². The largest absolute Gasteiger partial charge is 0.396 e. The molecule has 14 heavy (non-hydrogen) atoms. The highest BCUT2D eigenvalue weighted by atomic mass is 19.3. The molecule has 0 aromatic carbocycles. The highest BCUT2D eigenvalue weighted by Gasteiger charge is 2.28. The zero-order valence-corrected chi connectivity index (χ0v) is 8.64. The summed E-state index contributed by atoms with van der Waals surface area (Å²) in [4.78, 5) is 0. The maximum Gasteiger partial charge on any atom is 0.267 e. The van der Waals surface area contributed by atoms with Crippen molar-refractivity contribution in [3.8, 4) is 0 Å². The highest BCUT2D eigenvalue weighted by Crippen LogP contribution is 2.23. The average Bonchev–Trinajstić information content (AvgIpc) is 2.33. The molecule has 0 atom stereocenters. The molecule has 2 N–H and O–H groups in total. The van der Waals surface area contributed by atoms with E-state index >= 15 is 0 Å². The van der Waals surface area contributed by atoms with Crippen LogP contribution < -0.4 is 5.73 Å². The third kappa shape index (κ3) is 2.02. The van der Waals surface area contributed by atoms with Gasteiger partial charge in [-0.25, -0.2) is 8.78 Å². The minimum absolute atomic E-state index is 0.189. The third-order valence-electron chi connectivity index (χ3n) is 2.34. The summed E-state index contributed by atoms with van der Waals surface area (Å²) in [5.41, 5.74) is 7.34. The van der Waals surface area contributed by atoms with Gasteiger partial charge in [0.2, 0.25) is 0 Å². The van der Waals surface area contributed by atoms with Crippen LogP contribution in [0.1, 0.15) is 24.7 Å². The molecule has 1 heterocycles. The molecule has 1 aromatic rings. The Morgan fingerprint density at radius 1 is 1.43 bits per heavy atom. The van der Waals surface area contributed by atoms with E-state index < -0.39 is 12.5 Å². The summed E-state index contributed by atoms with van der Waals surface area (Å²) in [6.45, 7) is 4.46. The number of nitrogen functional groups attached to an aromatic ring is 1. The second-order valence-corrected chi connectivity index (χ2v) is 3.45. The summed E-state index contributed by atoms with van der Waals surface area (Å²) in [5, 5.41) is 3.95. The Kier molecular flexibility index (Phi) is 2.78. The number of hydrogen-bond acceptors (Lipinski definition) is 2. The van der Waals surface area contributed by atoms with Crippen LogP contribution in [0.2, 0.25) is 0 Å². The average molecular weight is 203 g/mol. The lowest BCUT2D eigenvalue weighted by Crippen LogP contribution is -2.24. The maximum atomic E-state index is 13.1. The first-order valence-electron chi connectivity index (χ1n) is 4.54. The molecule has 0 aliphatic rings. The van der Waals surface area contributed by atoms with Crippen molar-refractivity contribution >= 4 is 5.69 Å². The number of nitrogens with zero attached hydrogens (tertiary/aromatic N) is 2. The van der Waals surface area contributed by atoms with Crippen LogP contribution in [0.4, 0.5) is 14.5 Å². The van der Waals surface area contributed by atoms with Crippen molar-refractivity contribution in [2.45, 2.75) is 39.7 Å². The standard InChI is InChI=1S/C9H15F2N3/c1-4-9(10,11)5-14-7(3)8(12)6(2)13-14/h4-5,12H2,1-3H3. The molecule has 0 amide bonds. The molecular formula is C9H15F2N3. The van der Waals surface area contributed by atoms with Crippen LogP contribution in [0.3, 0.4) is 0 Å². The Morgan fingerprint density at radius 3 is 2.36 bits per heavy atom. The van der Waals surface area contributed by atoms with E-state index in [4.69, 9.17) is 5.73 Å². The van der Waals surface area contributed by atoms with Crippen LogP contribution in [0.25, 0.3) is 0 Å². The lowest BCUT2D eigenvalue weighted by molar-refractivity contribution is -0.0234. The van der Waals surface area contributed by atoms with Crippen LogP contribution in [0, 0.1) is 13.8 Å². The number of aryl methyl sites for hydroxylation is 1. The quantitative estimate of drug-likeness (QED) is 0.817. The van der Waals surface area contributed by atoms with Crippen molar-refractivity contribution in [2.24, 2.45) is 0 Å². The van der Waals surface area contributed by atoms with E-state index in [9.17, 15) is 8.78 Å². The second-order valence-electron chi connectivity index (χ2n) is 3.45. The fourth-order valence-corrected chi connectivity index (χ4v) is 1.20. The van der Waals surface area contributed by atoms with E-state index in [-0.39, 0.29) is 6.42 Å². The Labute approximate surface area is 81.9 Å². The van der Waals surface area contributed by atoms with Gasteiger partial charge in [-0.15, -0.1) is 0 Å². The first-order chi connectivity index (χ1) is 6.37. The number of halogens is 2. The summed E-state index contributed by atoms with van der Waals surface area (Å²) in [6, 6.07) is 0. The van der Waals surface area contributed by atoms with Gasteiger partial charge in [0.25, 0.3) is 5.92 Å². The van der Waals surface area contributed by atoms with Gasteiger partial charge >= 0.3 is 0 Å². The Morgan fingerprint density at radius 2 is 2.00 bits per heavy atom. The van der Waals surface area contributed by atoms with E-state index in [1.54, 1.807) is 13.8 Å². The van der Waals surface area contributed by atoms with Gasteiger partial charge in [0.05, 0.1) is 17.1 Å². The molecule has 0 aliphatic carbocycles. The fourth-order valence-electron chi connectivity index (χ4n) is 1.20. The van der Waals surface area contributed by atoms with Crippen molar-refractivity contribution in [1.82, 2.24) is 9.78 Å². The molecule has 0 aliphatic heterocycles. The van der Waals surface area contributed by atoms with E-state index in [0.717, 1.165) is 0 Å². The molecule has 0 bridgehead atoms. The van der Waals surface area contributed by atoms with Crippen molar-refractivity contribution in [3.63, 3.8) is 0 Å². The van der Waals surface area contributed by atoms with Crippen LogP contribution in [-0.2, 0) is 6.54 Å². The number of rotatable bonds is 3. The summed E-state index contributed by atoms with van der Waals surface area (Å²) in [6.07, 6.45) is -0.189. The Bertz CT molecular complexity index is 331. The van der Waals surface area contributed by atoms with Gasteiger partial charge in [0.15, 0.2) is 0 Å². The predicted octanol–water partition coefficient (Wildman–Crippen LogP) is 2.13. The zero-order chi connectivity index (χ0) is 10.9. The summed E-state index contributed by atoms with van der Waals surface area (Å²) >= 11 is 0. The normalized spacial score (nSPS) is 12.1. The van der Waals surface area contributed by atoms with Crippen LogP contribution in [0.15, 0.2) is 0 Å². The SMILES string of the molecule is CCC(F)(F)Cn1nc(C)c(N)c1C. The fraction of sp³-hybridized carbons (Fsp3) is 0.667. The van der Waals surface area contributed by atoms with Gasteiger partial charge in [-0.1, -0.05) is 6.92 Å². The molecule has 5 heteroatoms. The number of aromatic nitrogens is 2. The summed E-state index contributed by atoms with van der Waals surface area (Å²) in [5.74, 6) is -2.71. The Hall–Kier alpha value is -1.13. The van der Waals surface area contributed by atoms with Gasteiger partial charge in [0, 0.05) is 6.42 Å². The molecular weight excluding hydrogens is 188 g/mol. The van der Waals surface area contributed by atoms with Crippen molar-refractivity contribution in [2.75, 3.05) is 5.73 Å². The Balaban J connectivity index is 2.93. The zero-order valence-electron chi connectivity index (χ0n) is 8.64. The van der Waals surface area contributed by atoms with Crippen LogP contribution >= 0.6 is 0 Å². The second kappa shape index (κ2) is 3.55. The first-order valence-corrected chi connectivity index (χ1v) is 4.54. The molecule has 1 aromatic heterocycles. The number of alkyl halides is 2. The lowest BCUT2D eigenvalue weighted by atomic mass is 10.2. The lowest BCUT2D eigenvalue weighted by Gasteiger charge is -2.14. The smallest absolute Gasteiger partial charge is 0.267 e. The monoisotopic (exact) mass is 203 g/mol. The van der Waals surface area contributed by atoms with Gasteiger partial charge < -0.3 is 5.73 Å². The maximum absolute atomic E-state index is 13.1. The van der Waals surface area contributed by atoms with Gasteiger partial charge in [-0.2, -0.15) is 5.10 Å². The molecule has 0 saturated carbocycles.